The van der Waals surface area contributed by atoms with E-state index in [0.717, 1.165) is 39.2 Å². The molecule has 1 unspecified atom stereocenters. The Bertz CT molecular complexity index is 654. The highest BCUT2D eigenvalue weighted by atomic mass is 35.5. The fourth-order valence-corrected chi connectivity index (χ4v) is 4.12. The highest BCUT2D eigenvalue weighted by molar-refractivity contribution is 7.16. The molecule has 0 fully saturated rings. The molecule has 0 spiro atoms. The fraction of sp³-hybridized carbons (Fsp3) is 0.333. The molecule has 1 aromatic heterocycles. The molecule has 1 aliphatic carbocycles. The summed E-state index contributed by atoms with van der Waals surface area (Å²) in [5.74, 6) is 0.773. The third kappa shape index (κ3) is 2.50. The van der Waals surface area contributed by atoms with Crippen LogP contribution in [0, 0.1) is 6.92 Å². The Balaban J connectivity index is 1.90. The van der Waals surface area contributed by atoms with Crippen LogP contribution in [0.3, 0.4) is 0 Å². The van der Waals surface area contributed by atoms with Crippen LogP contribution in [0.15, 0.2) is 18.2 Å². The molecule has 20 heavy (non-hydrogen) atoms. The van der Waals surface area contributed by atoms with Crippen molar-refractivity contribution in [3.63, 3.8) is 0 Å². The highest BCUT2D eigenvalue weighted by Crippen LogP contribution is 2.42. The predicted molar refractivity (Wildman–Crippen MR) is 86.8 cm³/mol. The third-order valence-electron chi connectivity index (χ3n) is 3.66. The van der Waals surface area contributed by atoms with Crippen molar-refractivity contribution < 1.29 is 4.74 Å². The van der Waals surface area contributed by atoms with Crippen LogP contribution in [0.25, 0.3) is 0 Å². The van der Waals surface area contributed by atoms with Gasteiger partial charge >= 0.3 is 0 Å². The zero-order valence-electron chi connectivity index (χ0n) is 11.3. The van der Waals surface area contributed by atoms with Crippen LogP contribution in [0.5, 0.6) is 5.75 Å². The summed E-state index contributed by atoms with van der Waals surface area (Å²) in [7, 11) is 1.66. The maximum absolute atomic E-state index is 6.14. The number of benzene rings is 1. The summed E-state index contributed by atoms with van der Waals surface area (Å²) in [4.78, 5) is 1.39. The van der Waals surface area contributed by atoms with E-state index in [-0.39, 0.29) is 0 Å². The first-order valence-electron chi connectivity index (χ1n) is 6.47. The second kappa shape index (κ2) is 5.47. The summed E-state index contributed by atoms with van der Waals surface area (Å²) in [6.07, 6.45) is 2.17. The van der Waals surface area contributed by atoms with E-state index in [4.69, 9.17) is 27.9 Å². The molecule has 0 amide bonds. The number of rotatable bonds is 3. The van der Waals surface area contributed by atoms with E-state index in [1.54, 1.807) is 18.4 Å². The minimum Gasteiger partial charge on any atom is -0.495 e. The Morgan fingerprint density at radius 2 is 2.10 bits per heavy atom. The van der Waals surface area contributed by atoms with Gasteiger partial charge in [0.25, 0.3) is 0 Å². The van der Waals surface area contributed by atoms with Gasteiger partial charge in [0.1, 0.15) is 5.75 Å². The van der Waals surface area contributed by atoms with Gasteiger partial charge in [-0.15, -0.1) is 11.3 Å². The SMILES string of the molecule is COc1cc(Cl)c(C)cc1NC1CCc2sc(Cl)cc21. The van der Waals surface area contributed by atoms with Crippen LogP contribution in [0.4, 0.5) is 5.69 Å². The molecule has 1 aromatic carbocycles. The zero-order valence-corrected chi connectivity index (χ0v) is 13.6. The lowest BCUT2D eigenvalue weighted by molar-refractivity contribution is 0.416. The Morgan fingerprint density at radius 1 is 1.30 bits per heavy atom. The van der Waals surface area contributed by atoms with Gasteiger partial charge in [0.2, 0.25) is 0 Å². The molecular weight excluding hydrogens is 313 g/mol. The number of nitrogens with one attached hydrogen (secondary N) is 1. The van der Waals surface area contributed by atoms with Crippen molar-refractivity contribution in [1.82, 2.24) is 0 Å². The van der Waals surface area contributed by atoms with Crippen molar-refractivity contribution in [3.05, 3.63) is 43.6 Å². The molecule has 0 radical (unpaired) electrons. The van der Waals surface area contributed by atoms with Gasteiger partial charge in [0.15, 0.2) is 0 Å². The third-order valence-corrected chi connectivity index (χ3v) is 5.40. The highest BCUT2D eigenvalue weighted by Gasteiger charge is 2.25. The topological polar surface area (TPSA) is 21.3 Å². The van der Waals surface area contributed by atoms with Gasteiger partial charge in [-0.25, -0.2) is 0 Å². The van der Waals surface area contributed by atoms with Crippen molar-refractivity contribution in [2.45, 2.75) is 25.8 Å². The summed E-state index contributed by atoms with van der Waals surface area (Å²) in [5.41, 5.74) is 3.33. The molecule has 3 rings (SSSR count). The average Bonchev–Trinajstić information content (AvgIpc) is 2.94. The molecule has 5 heteroatoms. The molecule has 0 saturated heterocycles. The number of halogens is 2. The van der Waals surface area contributed by atoms with Crippen molar-refractivity contribution in [1.29, 1.82) is 0 Å². The summed E-state index contributed by atoms with van der Waals surface area (Å²) >= 11 is 13.9. The van der Waals surface area contributed by atoms with Gasteiger partial charge in [0.05, 0.1) is 23.2 Å². The van der Waals surface area contributed by atoms with E-state index >= 15 is 0 Å². The average molecular weight is 328 g/mol. The summed E-state index contributed by atoms with van der Waals surface area (Å²) in [6, 6.07) is 6.26. The molecule has 1 atom stereocenters. The van der Waals surface area contributed by atoms with Gasteiger partial charge < -0.3 is 10.1 Å². The lowest BCUT2D eigenvalue weighted by Gasteiger charge is -2.18. The van der Waals surface area contributed by atoms with E-state index < -0.39 is 0 Å². The number of methoxy groups -OCH3 is 1. The van der Waals surface area contributed by atoms with E-state index in [1.165, 1.54) is 10.4 Å². The monoisotopic (exact) mass is 327 g/mol. The van der Waals surface area contributed by atoms with Crippen LogP contribution < -0.4 is 10.1 Å². The Labute approximate surface area is 132 Å². The number of hydrogen-bond acceptors (Lipinski definition) is 3. The number of hydrogen-bond donors (Lipinski definition) is 1. The number of aryl methyl sites for hydroxylation is 2. The number of thiophene rings is 1. The second-order valence-electron chi connectivity index (χ2n) is 4.97. The van der Waals surface area contributed by atoms with E-state index in [2.05, 4.69) is 11.4 Å². The Kier molecular flexibility index (Phi) is 3.85. The summed E-state index contributed by atoms with van der Waals surface area (Å²) < 4.78 is 6.28. The van der Waals surface area contributed by atoms with Crippen LogP contribution in [0.1, 0.15) is 28.5 Å². The second-order valence-corrected chi connectivity index (χ2v) is 7.14. The first-order valence-corrected chi connectivity index (χ1v) is 8.04. The van der Waals surface area contributed by atoms with Gasteiger partial charge in [-0.3, -0.25) is 0 Å². The maximum Gasteiger partial charge on any atom is 0.143 e. The minimum absolute atomic E-state index is 0.295. The number of fused-ring (bicyclic) bond motifs is 1. The lowest BCUT2D eigenvalue weighted by Crippen LogP contribution is -2.08. The minimum atomic E-state index is 0.295. The molecule has 1 aliphatic rings. The van der Waals surface area contributed by atoms with Gasteiger partial charge in [0, 0.05) is 16.0 Å². The Morgan fingerprint density at radius 3 is 2.85 bits per heavy atom. The van der Waals surface area contributed by atoms with Crippen LogP contribution in [0.2, 0.25) is 9.36 Å². The molecule has 0 saturated carbocycles. The number of ether oxygens (including phenoxy) is 1. The molecule has 1 heterocycles. The van der Waals surface area contributed by atoms with E-state index in [0.29, 0.717) is 6.04 Å². The van der Waals surface area contributed by atoms with Crippen molar-refractivity contribution in [2.24, 2.45) is 0 Å². The van der Waals surface area contributed by atoms with Crippen LogP contribution in [-0.2, 0) is 6.42 Å². The van der Waals surface area contributed by atoms with Crippen LogP contribution >= 0.6 is 34.5 Å². The molecular formula is C15H15Cl2NOS. The summed E-state index contributed by atoms with van der Waals surface area (Å²) in [5, 5.41) is 4.28. The summed E-state index contributed by atoms with van der Waals surface area (Å²) in [6.45, 7) is 1.99. The number of anilines is 1. The zero-order chi connectivity index (χ0) is 14.3. The standard InChI is InChI=1S/C15H15Cl2NOS/c1-8-5-12(13(19-2)7-10(8)16)18-11-3-4-14-9(11)6-15(17)20-14/h5-7,11,18H,3-4H2,1-2H3. The van der Waals surface area contributed by atoms with E-state index in [1.807, 2.05) is 19.1 Å². The largest absolute Gasteiger partial charge is 0.495 e. The van der Waals surface area contributed by atoms with Crippen molar-refractivity contribution in [3.8, 4) is 5.75 Å². The molecule has 2 nitrogen and oxygen atoms in total. The molecule has 106 valence electrons. The molecule has 0 aliphatic heterocycles. The van der Waals surface area contributed by atoms with Crippen molar-refractivity contribution in [2.75, 3.05) is 12.4 Å². The molecule has 2 aromatic rings. The van der Waals surface area contributed by atoms with Gasteiger partial charge in [-0.05, 0) is 43.0 Å². The fourth-order valence-electron chi connectivity index (χ4n) is 2.61. The quantitative estimate of drug-likeness (QED) is 0.806. The maximum atomic E-state index is 6.14. The normalized spacial score (nSPS) is 17.1. The smallest absolute Gasteiger partial charge is 0.143 e. The first kappa shape index (κ1) is 14.1. The van der Waals surface area contributed by atoms with Gasteiger partial charge in [-0.1, -0.05) is 23.2 Å². The van der Waals surface area contributed by atoms with Crippen molar-refractivity contribution >= 4 is 40.2 Å². The lowest BCUT2D eigenvalue weighted by atomic mass is 10.1. The first-order chi connectivity index (χ1) is 9.58. The molecule has 1 N–H and O–H groups in total. The van der Waals surface area contributed by atoms with Crippen LogP contribution in [-0.4, -0.2) is 7.11 Å². The van der Waals surface area contributed by atoms with E-state index in [9.17, 15) is 0 Å². The molecule has 0 bridgehead atoms. The predicted octanol–water partition coefficient (Wildman–Crippen LogP) is 5.47. The Hall–Kier alpha value is -0.900. The van der Waals surface area contributed by atoms with Gasteiger partial charge in [-0.2, -0.15) is 0 Å².